The van der Waals surface area contributed by atoms with Gasteiger partial charge >= 0.3 is 0 Å². The minimum Gasteiger partial charge on any atom is -0.293 e. The zero-order chi connectivity index (χ0) is 11.5. The number of halogens is 1. The highest BCUT2D eigenvalue weighted by atomic mass is 19.1. The van der Waals surface area contributed by atoms with Gasteiger partial charge in [0.2, 0.25) is 0 Å². The molecule has 80 valence electrons. The van der Waals surface area contributed by atoms with Crippen LogP contribution in [-0.4, -0.2) is 15.8 Å². The highest BCUT2D eigenvalue weighted by Crippen LogP contribution is 2.20. The minimum atomic E-state index is -0.406. The van der Waals surface area contributed by atoms with Gasteiger partial charge in [-0.3, -0.25) is 14.8 Å². The van der Waals surface area contributed by atoms with Crippen molar-refractivity contribution in [2.45, 2.75) is 6.92 Å². The Hall–Kier alpha value is -2.10. The van der Waals surface area contributed by atoms with Crippen LogP contribution in [0.1, 0.15) is 17.4 Å². The van der Waals surface area contributed by atoms with Gasteiger partial charge in [0.15, 0.2) is 5.78 Å². The van der Waals surface area contributed by atoms with Crippen LogP contribution in [0, 0.1) is 5.82 Å². The Labute approximate surface area is 92.0 Å². The summed E-state index contributed by atoms with van der Waals surface area (Å²) in [6.07, 6.45) is 2.66. The molecule has 0 saturated carbocycles. The molecule has 0 aliphatic carbocycles. The molecule has 16 heavy (non-hydrogen) atoms. The fraction of sp³-hybridized carbons (Fsp3) is 0.0833. The number of ketones is 1. The molecule has 0 aliphatic heterocycles. The first-order valence-corrected chi connectivity index (χ1v) is 4.76. The SMILES string of the molecule is CC(=O)c1ncccc1-c1ccc(F)cn1. The van der Waals surface area contributed by atoms with Crippen LogP contribution in [-0.2, 0) is 0 Å². The fourth-order valence-corrected chi connectivity index (χ4v) is 1.43. The molecule has 0 radical (unpaired) electrons. The van der Waals surface area contributed by atoms with Crippen LogP contribution in [0.15, 0.2) is 36.7 Å². The first kappa shape index (κ1) is 10.4. The van der Waals surface area contributed by atoms with Gasteiger partial charge < -0.3 is 0 Å². The Balaban J connectivity index is 2.55. The van der Waals surface area contributed by atoms with E-state index in [2.05, 4.69) is 9.97 Å². The molecule has 4 heteroatoms. The molecule has 0 bridgehead atoms. The first-order valence-electron chi connectivity index (χ1n) is 4.76. The third-order valence-electron chi connectivity index (χ3n) is 2.14. The Morgan fingerprint density at radius 2 is 2.06 bits per heavy atom. The van der Waals surface area contributed by atoms with Gasteiger partial charge in [0, 0.05) is 18.7 Å². The van der Waals surface area contributed by atoms with Crippen LogP contribution < -0.4 is 0 Å². The lowest BCUT2D eigenvalue weighted by Gasteiger charge is -2.04. The normalized spacial score (nSPS) is 10.1. The van der Waals surface area contributed by atoms with E-state index < -0.39 is 5.82 Å². The van der Waals surface area contributed by atoms with E-state index in [9.17, 15) is 9.18 Å². The zero-order valence-corrected chi connectivity index (χ0v) is 8.64. The van der Waals surface area contributed by atoms with E-state index in [1.165, 1.54) is 19.1 Å². The zero-order valence-electron chi connectivity index (χ0n) is 8.64. The van der Waals surface area contributed by atoms with Crippen molar-refractivity contribution in [1.82, 2.24) is 9.97 Å². The lowest BCUT2D eigenvalue weighted by molar-refractivity contribution is 0.101. The Morgan fingerprint density at radius 1 is 1.25 bits per heavy atom. The minimum absolute atomic E-state index is 0.137. The summed E-state index contributed by atoms with van der Waals surface area (Å²) in [7, 11) is 0. The summed E-state index contributed by atoms with van der Waals surface area (Å²) in [5.74, 6) is -0.543. The Bertz CT molecular complexity index is 523. The van der Waals surface area contributed by atoms with Gasteiger partial charge in [-0.25, -0.2) is 4.39 Å². The number of hydrogen-bond donors (Lipinski definition) is 0. The van der Waals surface area contributed by atoms with Crippen LogP contribution in [0.3, 0.4) is 0 Å². The van der Waals surface area contributed by atoms with Gasteiger partial charge in [0.1, 0.15) is 11.5 Å². The summed E-state index contributed by atoms with van der Waals surface area (Å²) in [5, 5.41) is 0. The molecule has 0 aliphatic rings. The molecule has 0 amide bonds. The molecule has 0 aromatic carbocycles. The summed E-state index contributed by atoms with van der Waals surface area (Å²) in [6.45, 7) is 1.44. The second-order valence-corrected chi connectivity index (χ2v) is 3.32. The Kier molecular flexibility index (Phi) is 2.72. The van der Waals surface area contributed by atoms with Gasteiger partial charge in [-0.2, -0.15) is 0 Å². The molecule has 0 fully saturated rings. The number of hydrogen-bond acceptors (Lipinski definition) is 3. The maximum absolute atomic E-state index is 12.7. The summed E-state index contributed by atoms with van der Waals surface area (Å²) in [4.78, 5) is 19.3. The van der Waals surface area contributed by atoms with Crippen LogP contribution in [0.2, 0.25) is 0 Å². The van der Waals surface area contributed by atoms with Crippen LogP contribution in [0.25, 0.3) is 11.3 Å². The number of pyridine rings is 2. The molecule has 2 rings (SSSR count). The van der Waals surface area contributed by atoms with E-state index in [0.717, 1.165) is 6.20 Å². The Morgan fingerprint density at radius 3 is 2.69 bits per heavy atom. The molecule has 0 unspecified atom stereocenters. The topological polar surface area (TPSA) is 42.9 Å². The quantitative estimate of drug-likeness (QED) is 0.724. The molecule has 0 saturated heterocycles. The predicted octanol–water partition coefficient (Wildman–Crippen LogP) is 2.49. The van der Waals surface area contributed by atoms with Crippen molar-refractivity contribution in [3.63, 3.8) is 0 Å². The molecular formula is C12H9FN2O. The number of nitrogens with zero attached hydrogens (tertiary/aromatic N) is 2. The second kappa shape index (κ2) is 4.18. The fourth-order valence-electron chi connectivity index (χ4n) is 1.43. The molecule has 2 aromatic heterocycles. The standard InChI is InChI=1S/C12H9FN2O/c1-8(16)12-10(3-2-6-14-12)11-5-4-9(13)7-15-11/h2-7H,1H3. The van der Waals surface area contributed by atoms with Gasteiger partial charge in [-0.15, -0.1) is 0 Å². The van der Waals surface area contributed by atoms with Gasteiger partial charge in [-0.1, -0.05) is 0 Å². The van der Waals surface area contributed by atoms with Crippen molar-refractivity contribution in [1.29, 1.82) is 0 Å². The third kappa shape index (κ3) is 1.95. The highest BCUT2D eigenvalue weighted by molar-refractivity contribution is 5.98. The number of carbonyl (C=O) groups excluding carboxylic acids is 1. The van der Waals surface area contributed by atoms with Gasteiger partial charge in [0.05, 0.1) is 11.9 Å². The summed E-state index contributed by atoms with van der Waals surface area (Å²) in [5.41, 5.74) is 1.51. The third-order valence-corrected chi connectivity index (χ3v) is 2.14. The van der Waals surface area contributed by atoms with Crippen molar-refractivity contribution in [3.8, 4) is 11.3 Å². The smallest absolute Gasteiger partial charge is 0.178 e. The van der Waals surface area contributed by atoms with E-state index in [-0.39, 0.29) is 5.78 Å². The number of rotatable bonds is 2. The second-order valence-electron chi connectivity index (χ2n) is 3.32. The summed E-state index contributed by atoms with van der Waals surface area (Å²) >= 11 is 0. The van der Waals surface area contributed by atoms with Gasteiger partial charge in [-0.05, 0) is 24.3 Å². The lowest BCUT2D eigenvalue weighted by atomic mass is 10.1. The van der Waals surface area contributed by atoms with E-state index >= 15 is 0 Å². The van der Waals surface area contributed by atoms with Crippen molar-refractivity contribution >= 4 is 5.78 Å². The number of carbonyl (C=O) groups is 1. The van der Waals surface area contributed by atoms with Crippen molar-refractivity contribution in [2.24, 2.45) is 0 Å². The molecule has 3 nitrogen and oxygen atoms in total. The van der Waals surface area contributed by atoms with Crippen molar-refractivity contribution in [3.05, 3.63) is 48.2 Å². The molecular weight excluding hydrogens is 207 g/mol. The maximum atomic E-state index is 12.7. The summed E-state index contributed by atoms with van der Waals surface area (Å²) < 4.78 is 12.7. The van der Waals surface area contributed by atoms with Crippen LogP contribution in [0.5, 0.6) is 0 Å². The lowest BCUT2D eigenvalue weighted by Crippen LogP contribution is -2.00. The monoisotopic (exact) mass is 216 g/mol. The molecule has 0 spiro atoms. The largest absolute Gasteiger partial charge is 0.293 e. The molecule has 2 heterocycles. The molecule has 2 aromatic rings. The van der Waals surface area contributed by atoms with Gasteiger partial charge in [0.25, 0.3) is 0 Å². The molecule has 0 atom stereocenters. The molecule has 0 N–H and O–H groups in total. The van der Waals surface area contributed by atoms with E-state index in [1.54, 1.807) is 18.3 Å². The maximum Gasteiger partial charge on any atom is 0.178 e. The summed E-state index contributed by atoms with van der Waals surface area (Å²) in [6, 6.07) is 6.29. The van der Waals surface area contributed by atoms with Crippen LogP contribution in [0.4, 0.5) is 4.39 Å². The van der Waals surface area contributed by atoms with E-state index in [1.807, 2.05) is 0 Å². The van der Waals surface area contributed by atoms with E-state index in [0.29, 0.717) is 17.0 Å². The first-order chi connectivity index (χ1) is 7.68. The predicted molar refractivity (Wildman–Crippen MR) is 57.4 cm³/mol. The highest BCUT2D eigenvalue weighted by Gasteiger charge is 2.10. The number of aromatic nitrogens is 2. The van der Waals surface area contributed by atoms with Crippen molar-refractivity contribution < 1.29 is 9.18 Å². The number of Topliss-reactive ketones (excluding diaryl/α,β-unsaturated/α-hetero) is 1. The average molecular weight is 216 g/mol. The van der Waals surface area contributed by atoms with Crippen molar-refractivity contribution in [2.75, 3.05) is 0 Å². The average Bonchev–Trinajstić information content (AvgIpc) is 2.30. The van der Waals surface area contributed by atoms with Crippen LogP contribution >= 0.6 is 0 Å². The van der Waals surface area contributed by atoms with E-state index in [4.69, 9.17) is 0 Å².